The average molecular weight is 385 g/mol. The van der Waals surface area contributed by atoms with Crippen molar-refractivity contribution in [1.29, 1.82) is 0 Å². The molecule has 25 heavy (non-hydrogen) atoms. The third kappa shape index (κ3) is 3.77. The van der Waals surface area contributed by atoms with Crippen LogP contribution in [0.25, 0.3) is 0 Å². The second-order valence-electron chi connectivity index (χ2n) is 7.34. The van der Waals surface area contributed by atoms with Crippen LogP contribution in [0.4, 0.5) is 0 Å². The molecule has 0 unspecified atom stereocenters. The Bertz CT molecular complexity index is 715. The van der Waals surface area contributed by atoms with Gasteiger partial charge in [0.2, 0.25) is 15.9 Å². The predicted molar refractivity (Wildman–Crippen MR) is 95.6 cm³/mol. The van der Waals surface area contributed by atoms with Crippen molar-refractivity contribution >= 4 is 27.3 Å². The summed E-state index contributed by atoms with van der Waals surface area (Å²) < 4.78 is 32.4. The zero-order valence-corrected chi connectivity index (χ0v) is 15.7. The molecule has 0 aromatic carbocycles. The summed E-state index contributed by atoms with van der Waals surface area (Å²) in [5.74, 6) is 0.569. The van der Waals surface area contributed by atoms with E-state index in [9.17, 15) is 13.2 Å². The number of fused-ring (bicyclic) bond motifs is 1. The molecular weight excluding hydrogens is 360 g/mol. The summed E-state index contributed by atoms with van der Waals surface area (Å²) in [6, 6.07) is 3.97. The number of rotatable bonds is 6. The van der Waals surface area contributed by atoms with E-state index < -0.39 is 10.0 Å². The van der Waals surface area contributed by atoms with Crippen LogP contribution in [0.5, 0.6) is 0 Å². The van der Waals surface area contributed by atoms with Crippen molar-refractivity contribution in [2.45, 2.75) is 31.1 Å². The Hall–Kier alpha value is -0.960. The second kappa shape index (κ2) is 6.98. The molecule has 3 atom stereocenters. The predicted octanol–water partition coefficient (Wildman–Crippen LogP) is 1.44. The van der Waals surface area contributed by atoms with Gasteiger partial charge in [-0.3, -0.25) is 4.79 Å². The van der Waals surface area contributed by atoms with Crippen molar-refractivity contribution < 1.29 is 17.9 Å². The molecule has 1 aromatic rings. The maximum Gasteiger partial charge on any atom is 0.220 e. The zero-order chi connectivity index (χ0) is 17.4. The summed E-state index contributed by atoms with van der Waals surface area (Å²) in [7, 11) is -3.14. The number of carbonyl (C=O) groups excluding carboxylic acids is 1. The maximum absolute atomic E-state index is 12.5. The standard InChI is InChI=1S/C17H24N2O4S2/c20-17(18-7-14-2-1-5-24-14)6-12-10-23-11-13-8-19(9-16(12)13)25(21,22)15-3-4-15/h1-2,5,12-13,15-16H,3-4,6-11H2,(H,18,20)/t12-,13-,16+/m1/s1. The van der Waals surface area contributed by atoms with Crippen LogP contribution in [-0.4, -0.2) is 50.2 Å². The SMILES string of the molecule is O=C(C[C@@H]1COC[C@H]2CN(S(=O)(=O)C3CC3)C[C@@H]12)NCc1cccs1. The molecule has 1 N–H and O–H groups in total. The molecule has 0 radical (unpaired) electrons. The van der Waals surface area contributed by atoms with Crippen molar-refractivity contribution in [3.63, 3.8) is 0 Å². The first-order valence-corrected chi connectivity index (χ1v) is 11.3. The van der Waals surface area contributed by atoms with Gasteiger partial charge in [-0.25, -0.2) is 12.7 Å². The first-order valence-electron chi connectivity index (χ1n) is 8.90. The Labute approximate surface area is 152 Å². The van der Waals surface area contributed by atoms with Crippen molar-refractivity contribution in [2.24, 2.45) is 17.8 Å². The van der Waals surface area contributed by atoms with E-state index in [1.807, 2.05) is 17.5 Å². The summed E-state index contributed by atoms with van der Waals surface area (Å²) in [5, 5.41) is 4.79. The van der Waals surface area contributed by atoms with Crippen molar-refractivity contribution in [3.8, 4) is 0 Å². The van der Waals surface area contributed by atoms with E-state index in [1.54, 1.807) is 15.6 Å². The van der Waals surface area contributed by atoms with Gasteiger partial charge in [0.1, 0.15) is 0 Å². The lowest BCUT2D eigenvalue weighted by Gasteiger charge is -2.32. The molecule has 6 nitrogen and oxygen atoms in total. The largest absolute Gasteiger partial charge is 0.381 e. The van der Waals surface area contributed by atoms with Gasteiger partial charge in [-0.1, -0.05) is 6.07 Å². The molecule has 0 bridgehead atoms. The fraction of sp³-hybridized carbons (Fsp3) is 0.706. The van der Waals surface area contributed by atoms with Crippen molar-refractivity contribution in [1.82, 2.24) is 9.62 Å². The van der Waals surface area contributed by atoms with Gasteiger partial charge in [0.05, 0.1) is 25.0 Å². The van der Waals surface area contributed by atoms with Gasteiger partial charge in [0.25, 0.3) is 0 Å². The fourth-order valence-corrected chi connectivity index (χ4v) is 6.54. The molecule has 138 valence electrons. The Morgan fingerprint density at radius 2 is 2.16 bits per heavy atom. The molecule has 0 spiro atoms. The number of nitrogens with zero attached hydrogens (tertiary/aromatic N) is 1. The Morgan fingerprint density at radius 1 is 1.32 bits per heavy atom. The number of sulfonamides is 1. The highest BCUT2D eigenvalue weighted by Gasteiger charge is 2.48. The van der Waals surface area contributed by atoms with Crippen LogP contribution >= 0.6 is 11.3 Å². The van der Waals surface area contributed by atoms with E-state index in [4.69, 9.17) is 4.74 Å². The monoisotopic (exact) mass is 384 g/mol. The third-order valence-electron chi connectivity index (χ3n) is 5.52. The number of ether oxygens (including phenoxy) is 1. The summed E-state index contributed by atoms with van der Waals surface area (Å²) in [6.45, 7) is 2.81. The highest BCUT2D eigenvalue weighted by molar-refractivity contribution is 7.90. The number of hydrogen-bond donors (Lipinski definition) is 1. The highest BCUT2D eigenvalue weighted by atomic mass is 32.2. The lowest BCUT2D eigenvalue weighted by atomic mass is 9.81. The zero-order valence-electron chi connectivity index (χ0n) is 14.1. The summed E-state index contributed by atoms with van der Waals surface area (Å²) in [5.41, 5.74) is 0. The lowest BCUT2D eigenvalue weighted by molar-refractivity contribution is -0.124. The van der Waals surface area contributed by atoms with Crippen LogP contribution < -0.4 is 5.32 Å². The highest BCUT2D eigenvalue weighted by Crippen LogP contribution is 2.40. The minimum Gasteiger partial charge on any atom is -0.381 e. The molecule has 2 saturated heterocycles. The number of thiophene rings is 1. The van der Waals surface area contributed by atoms with Gasteiger partial charge in [-0.05, 0) is 36.1 Å². The second-order valence-corrected chi connectivity index (χ2v) is 10.6. The van der Waals surface area contributed by atoms with E-state index in [2.05, 4.69) is 5.32 Å². The molecule has 2 aliphatic heterocycles. The molecular formula is C17H24N2O4S2. The van der Waals surface area contributed by atoms with Gasteiger partial charge < -0.3 is 10.1 Å². The molecule has 1 amide bonds. The molecule has 8 heteroatoms. The Balaban J connectivity index is 1.35. The van der Waals surface area contributed by atoms with Crippen molar-refractivity contribution in [2.75, 3.05) is 26.3 Å². The van der Waals surface area contributed by atoms with Crippen LogP contribution in [0.15, 0.2) is 17.5 Å². The summed E-state index contributed by atoms with van der Waals surface area (Å²) in [6.07, 6.45) is 1.99. The van der Waals surface area contributed by atoms with Gasteiger partial charge in [0.15, 0.2) is 0 Å². The van der Waals surface area contributed by atoms with Crippen LogP contribution in [0, 0.1) is 17.8 Å². The number of carbonyl (C=O) groups is 1. The van der Waals surface area contributed by atoms with E-state index in [0.717, 1.165) is 17.7 Å². The molecule has 3 fully saturated rings. The number of amides is 1. The van der Waals surface area contributed by atoms with E-state index in [1.165, 1.54) is 0 Å². The topological polar surface area (TPSA) is 75.7 Å². The Morgan fingerprint density at radius 3 is 2.88 bits per heavy atom. The summed E-state index contributed by atoms with van der Waals surface area (Å²) in [4.78, 5) is 13.4. The molecule has 3 heterocycles. The minimum atomic E-state index is -3.14. The van der Waals surface area contributed by atoms with E-state index >= 15 is 0 Å². The first kappa shape index (κ1) is 17.5. The smallest absolute Gasteiger partial charge is 0.220 e. The molecule has 4 rings (SSSR count). The molecule has 1 aromatic heterocycles. The van der Waals surface area contributed by atoms with E-state index in [0.29, 0.717) is 39.3 Å². The van der Waals surface area contributed by atoms with Gasteiger partial charge in [-0.2, -0.15) is 0 Å². The number of hydrogen-bond acceptors (Lipinski definition) is 5. The lowest BCUT2D eigenvalue weighted by Crippen LogP contribution is -2.38. The van der Waals surface area contributed by atoms with Gasteiger partial charge >= 0.3 is 0 Å². The normalized spacial score (nSPS) is 30.2. The quantitative estimate of drug-likeness (QED) is 0.805. The molecule has 3 aliphatic rings. The van der Waals surface area contributed by atoms with Gasteiger partial charge in [0, 0.05) is 30.3 Å². The summed E-state index contributed by atoms with van der Waals surface area (Å²) >= 11 is 1.63. The number of nitrogens with one attached hydrogen (secondary N) is 1. The fourth-order valence-electron chi connectivity index (χ4n) is 3.96. The van der Waals surface area contributed by atoms with E-state index in [-0.39, 0.29) is 28.9 Å². The molecule has 1 aliphatic carbocycles. The van der Waals surface area contributed by atoms with Crippen LogP contribution in [-0.2, 0) is 26.1 Å². The van der Waals surface area contributed by atoms with Crippen LogP contribution in [0.3, 0.4) is 0 Å². The third-order valence-corrected chi connectivity index (χ3v) is 8.73. The molecule has 1 saturated carbocycles. The first-order chi connectivity index (χ1) is 12.0. The van der Waals surface area contributed by atoms with Crippen LogP contribution in [0.2, 0.25) is 0 Å². The van der Waals surface area contributed by atoms with Crippen molar-refractivity contribution in [3.05, 3.63) is 22.4 Å². The van der Waals surface area contributed by atoms with Crippen LogP contribution in [0.1, 0.15) is 24.1 Å². The minimum absolute atomic E-state index is 0.0196. The Kier molecular flexibility index (Phi) is 4.87. The maximum atomic E-state index is 12.5. The average Bonchev–Trinajstić information content (AvgIpc) is 3.15. The van der Waals surface area contributed by atoms with Gasteiger partial charge in [-0.15, -0.1) is 11.3 Å².